The van der Waals surface area contributed by atoms with Crippen LogP contribution in [0, 0.1) is 0 Å². The fraction of sp³-hybridized carbons (Fsp3) is 0.200. The molecule has 0 amide bonds. The van der Waals surface area contributed by atoms with Gasteiger partial charge in [-0.2, -0.15) is 0 Å². The lowest BCUT2D eigenvalue weighted by Crippen LogP contribution is -2.28. The molecule has 0 saturated heterocycles. The van der Waals surface area contributed by atoms with Gasteiger partial charge in [0.15, 0.2) is 5.78 Å². The molecule has 160 valence electrons. The summed E-state index contributed by atoms with van der Waals surface area (Å²) in [5, 5.41) is 11.4. The van der Waals surface area contributed by atoms with E-state index in [9.17, 15) is 14.7 Å². The zero-order valence-corrected chi connectivity index (χ0v) is 18.7. The molecule has 0 saturated carbocycles. The van der Waals surface area contributed by atoms with Crippen molar-refractivity contribution in [1.29, 1.82) is 0 Å². The molecule has 0 aliphatic carbocycles. The van der Waals surface area contributed by atoms with Crippen LogP contribution >= 0.6 is 11.3 Å². The zero-order valence-electron chi connectivity index (χ0n) is 17.9. The van der Waals surface area contributed by atoms with Crippen molar-refractivity contribution in [1.82, 2.24) is 0 Å². The van der Waals surface area contributed by atoms with Crippen LogP contribution in [0.3, 0.4) is 0 Å². The number of carboxylic acid groups (broad SMARTS) is 1. The van der Waals surface area contributed by atoms with Gasteiger partial charge in [-0.05, 0) is 36.9 Å². The predicted molar refractivity (Wildman–Crippen MR) is 123 cm³/mol. The van der Waals surface area contributed by atoms with Crippen LogP contribution in [0.4, 0.5) is 0 Å². The minimum Gasteiger partial charge on any atom is -0.496 e. The van der Waals surface area contributed by atoms with Gasteiger partial charge in [-0.15, -0.1) is 11.3 Å². The largest absolute Gasteiger partial charge is 0.496 e. The first-order chi connectivity index (χ1) is 14.7. The van der Waals surface area contributed by atoms with Gasteiger partial charge in [0.2, 0.25) is 0 Å². The molecule has 0 spiro atoms. The smallest absolute Gasteiger partial charge is 0.313 e. The van der Waals surface area contributed by atoms with Gasteiger partial charge in [0.05, 0.1) is 19.6 Å². The fourth-order valence-corrected chi connectivity index (χ4v) is 3.96. The molecule has 3 aromatic rings. The standard InChI is InChI=1S/C25H24O5S/c1-15(23(26)16-8-10-17(11-9-16)25(2,3)24(27)28)18-13-19(22-7-6-12-31-22)21(30-5)14-20(18)29-4/h6-14H,1H2,2-5H3,(H,27,28). The molecule has 0 fully saturated rings. The molecule has 0 atom stereocenters. The van der Waals surface area contributed by atoms with E-state index in [-0.39, 0.29) is 11.4 Å². The summed E-state index contributed by atoms with van der Waals surface area (Å²) in [4.78, 5) is 25.6. The Morgan fingerprint density at radius 2 is 1.65 bits per heavy atom. The molecule has 1 aromatic heterocycles. The summed E-state index contributed by atoms with van der Waals surface area (Å²) in [6.45, 7) is 7.27. The monoisotopic (exact) mass is 436 g/mol. The molecule has 0 radical (unpaired) electrons. The topological polar surface area (TPSA) is 72.8 Å². The van der Waals surface area contributed by atoms with E-state index in [4.69, 9.17) is 9.47 Å². The van der Waals surface area contributed by atoms with Crippen molar-refractivity contribution in [2.75, 3.05) is 14.2 Å². The number of hydrogen-bond donors (Lipinski definition) is 1. The van der Waals surface area contributed by atoms with Crippen LogP contribution in [-0.4, -0.2) is 31.1 Å². The number of allylic oxidation sites excluding steroid dienone is 1. The van der Waals surface area contributed by atoms with Crippen LogP contribution in [0.25, 0.3) is 16.0 Å². The Morgan fingerprint density at radius 1 is 1.00 bits per heavy atom. The predicted octanol–water partition coefficient (Wildman–Crippen LogP) is 5.69. The Balaban J connectivity index is 1.99. The lowest BCUT2D eigenvalue weighted by Gasteiger charge is -2.20. The Bertz CT molecular complexity index is 1130. The summed E-state index contributed by atoms with van der Waals surface area (Å²) < 4.78 is 11.0. The van der Waals surface area contributed by atoms with Crippen molar-refractivity contribution in [3.8, 4) is 21.9 Å². The van der Waals surface area contributed by atoms with E-state index in [2.05, 4.69) is 6.58 Å². The Morgan fingerprint density at radius 3 is 2.16 bits per heavy atom. The normalized spacial score (nSPS) is 11.1. The molecule has 1 N–H and O–H groups in total. The number of thiophene rings is 1. The van der Waals surface area contributed by atoms with Crippen molar-refractivity contribution in [3.05, 3.63) is 77.2 Å². The van der Waals surface area contributed by atoms with Crippen molar-refractivity contribution in [3.63, 3.8) is 0 Å². The third-order valence-electron chi connectivity index (χ3n) is 5.31. The van der Waals surface area contributed by atoms with Gasteiger partial charge in [0.25, 0.3) is 0 Å². The molecule has 0 aliphatic heterocycles. The summed E-state index contributed by atoms with van der Waals surface area (Å²) in [6.07, 6.45) is 0. The minimum absolute atomic E-state index is 0.264. The molecule has 2 aromatic carbocycles. The number of Topliss-reactive ketones (excluding diaryl/α,β-unsaturated/α-hetero) is 1. The number of carbonyl (C=O) groups excluding carboxylic acids is 1. The number of benzene rings is 2. The van der Waals surface area contributed by atoms with Crippen LogP contribution in [0.15, 0.2) is 60.5 Å². The van der Waals surface area contributed by atoms with Crippen LogP contribution in [0.1, 0.15) is 35.3 Å². The van der Waals surface area contributed by atoms with Gasteiger partial charge in [-0.25, -0.2) is 0 Å². The van der Waals surface area contributed by atoms with E-state index in [0.29, 0.717) is 28.2 Å². The van der Waals surface area contributed by atoms with E-state index in [1.54, 1.807) is 62.6 Å². The van der Waals surface area contributed by atoms with Gasteiger partial charge in [0, 0.05) is 33.2 Å². The third-order valence-corrected chi connectivity index (χ3v) is 6.21. The van der Waals surface area contributed by atoms with E-state index < -0.39 is 11.4 Å². The minimum atomic E-state index is -1.05. The van der Waals surface area contributed by atoms with Crippen molar-refractivity contribution in [2.45, 2.75) is 19.3 Å². The third kappa shape index (κ3) is 4.25. The van der Waals surface area contributed by atoms with Gasteiger partial charge < -0.3 is 14.6 Å². The number of rotatable bonds is 8. The number of ketones is 1. The summed E-state index contributed by atoms with van der Waals surface area (Å²) in [7, 11) is 3.12. The lowest BCUT2D eigenvalue weighted by molar-refractivity contribution is -0.142. The maximum Gasteiger partial charge on any atom is 0.313 e. The van der Waals surface area contributed by atoms with E-state index in [1.165, 1.54) is 7.11 Å². The number of carboxylic acids is 1. The maximum atomic E-state index is 13.2. The summed E-state index contributed by atoms with van der Waals surface area (Å²) in [5.74, 6) is -0.0666. The first kappa shape index (κ1) is 22.3. The highest BCUT2D eigenvalue weighted by Gasteiger charge is 2.29. The van der Waals surface area contributed by atoms with E-state index in [1.807, 2.05) is 23.6 Å². The van der Waals surface area contributed by atoms with Crippen LogP contribution in [-0.2, 0) is 10.2 Å². The Hall–Kier alpha value is -3.38. The second-order valence-electron chi connectivity index (χ2n) is 7.55. The van der Waals surface area contributed by atoms with Crippen molar-refractivity contribution in [2.24, 2.45) is 0 Å². The molecule has 31 heavy (non-hydrogen) atoms. The van der Waals surface area contributed by atoms with Gasteiger partial charge in [-0.3, -0.25) is 9.59 Å². The van der Waals surface area contributed by atoms with Crippen molar-refractivity contribution < 1.29 is 24.2 Å². The number of carbonyl (C=O) groups is 2. The molecule has 5 nitrogen and oxygen atoms in total. The molecule has 1 heterocycles. The molecule has 3 rings (SSSR count). The summed E-state index contributed by atoms with van der Waals surface area (Å²) in [5.41, 5.74) is 1.69. The number of hydrogen-bond acceptors (Lipinski definition) is 5. The van der Waals surface area contributed by atoms with Gasteiger partial charge >= 0.3 is 5.97 Å². The second kappa shape index (κ2) is 8.78. The average Bonchev–Trinajstić information content (AvgIpc) is 3.31. The lowest BCUT2D eigenvalue weighted by atomic mass is 9.84. The first-order valence-electron chi connectivity index (χ1n) is 9.58. The SMILES string of the molecule is C=C(C(=O)c1ccc(C(C)(C)C(=O)O)cc1)c1cc(-c2cccs2)c(OC)cc1OC. The van der Waals surface area contributed by atoms with E-state index in [0.717, 1.165) is 10.4 Å². The van der Waals surface area contributed by atoms with Crippen LogP contribution < -0.4 is 9.47 Å². The maximum absolute atomic E-state index is 13.2. The van der Waals surface area contributed by atoms with Crippen LogP contribution in [0.5, 0.6) is 11.5 Å². The van der Waals surface area contributed by atoms with Gasteiger partial charge in [-0.1, -0.05) is 36.9 Å². The molecule has 0 unspecified atom stereocenters. The zero-order chi connectivity index (χ0) is 22.8. The quantitative estimate of drug-likeness (QED) is 0.363. The Kier molecular flexibility index (Phi) is 6.32. The first-order valence-corrected chi connectivity index (χ1v) is 10.5. The number of ether oxygens (including phenoxy) is 2. The number of aliphatic carboxylic acids is 1. The number of methoxy groups -OCH3 is 2. The molecule has 6 heteroatoms. The Labute approximate surface area is 185 Å². The van der Waals surface area contributed by atoms with Gasteiger partial charge in [0.1, 0.15) is 11.5 Å². The fourth-order valence-electron chi connectivity index (χ4n) is 3.22. The second-order valence-corrected chi connectivity index (χ2v) is 8.49. The summed E-state index contributed by atoms with van der Waals surface area (Å²) >= 11 is 1.57. The summed E-state index contributed by atoms with van der Waals surface area (Å²) in [6, 6.07) is 14.1. The molecular weight excluding hydrogens is 412 g/mol. The average molecular weight is 437 g/mol. The highest BCUT2D eigenvalue weighted by atomic mass is 32.1. The highest BCUT2D eigenvalue weighted by Crippen LogP contribution is 2.40. The molecule has 0 aliphatic rings. The molecule has 0 bridgehead atoms. The van der Waals surface area contributed by atoms with E-state index >= 15 is 0 Å². The highest BCUT2D eigenvalue weighted by molar-refractivity contribution is 7.13. The molecular formula is C25H24O5S. The van der Waals surface area contributed by atoms with Crippen LogP contribution in [0.2, 0.25) is 0 Å². The van der Waals surface area contributed by atoms with Crippen molar-refractivity contribution >= 4 is 28.7 Å².